The number of carbonyl (C=O) groups excluding carboxylic acids is 2. The van der Waals surface area contributed by atoms with E-state index < -0.39 is 11.9 Å². The van der Waals surface area contributed by atoms with Gasteiger partial charge in [0.1, 0.15) is 0 Å². The topological polar surface area (TPSA) is 112 Å². The summed E-state index contributed by atoms with van der Waals surface area (Å²) >= 11 is 0. The Morgan fingerprint density at radius 3 is 0.955 bits per heavy atom. The zero-order valence-electron chi connectivity index (χ0n) is 14.7. The minimum atomic E-state index is -0.885. The van der Waals surface area contributed by atoms with Crippen molar-refractivity contribution in [1.29, 1.82) is 0 Å². The molecule has 0 rings (SSSR count). The molecule has 0 atom stereocenters. The van der Waals surface area contributed by atoms with Crippen LogP contribution in [-0.2, 0) is 9.59 Å². The molecule has 0 fully saturated rings. The minimum absolute atomic E-state index is 0. The third kappa shape index (κ3) is 17.7. The van der Waals surface area contributed by atoms with Crippen molar-refractivity contribution in [2.75, 3.05) is 0 Å². The summed E-state index contributed by atoms with van der Waals surface area (Å²) in [6.45, 7) is 7.97. The van der Waals surface area contributed by atoms with Crippen LogP contribution < -0.4 is 10.2 Å². The normalized spacial score (nSPS) is 9.36. The molecule has 0 bridgehead atoms. The Labute approximate surface area is 151 Å². The average Bonchev–Trinajstić information content (AvgIpc) is 2.38. The quantitative estimate of drug-likeness (QED) is 0.549. The zero-order chi connectivity index (χ0) is 16.0. The first-order valence-corrected chi connectivity index (χ1v) is 7.86. The number of rotatable bonds is 10. The predicted molar refractivity (Wildman–Crippen MR) is 86.0 cm³/mol. The Hall–Kier alpha value is -0.334. The maximum absolute atomic E-state index is 10.4. The maximum atomic E-state index is 10.4. The van der Waals surface area contributed by atoms with E-state index in [1.165, 1.54) is 0 Å². The fourth-order valence-corrected chi connectivity index (χ4v) is 2.15. The van der Waals surface area contributed by atoms with Crippen LogP contribution in [0, 0.1) is 11.8 Å². The molecule has 0 heterocycles. The Morgan fingerprint density at radius 1 is 0.682 bits per heavy atom. The molecule has 0 aliphatic rings. The summed E-state index contributed by atoms with van der Waals surface area (Å²) < 4.78 is 0. The molecule has 0 aromatic rings. The van der Waals surface area contributed by atoms with Crippen LogP contribution >= 0.6 is 0 Å². The van der Waals surface area contributed by atoms with Gasteiger partial charge in [-0.3, -0.25) is 0 Å². The summed E-state index contributed by atoms with van der Waals surface area (Å²) in [5, 5.41) is 20.7. The first kappa shape index (κ1) is 29.6. The smallest absolute Gasteiger partial charge is 0.550 e. The Balaban J connectivity index is -0.000000135. The Kier molecular flexibility index (Phi) is 27.9. The van der Waals surface area contributed by atoms with E-state index >= 15 is 0 Å². The second kappa shape index (κ2) is 20.7. The first-order valence-electron chi connectivity index (χ1n) is 7.86. The van der Waals surface area contributed by atoms with Gasteiger partial charge in [-0.05, 0) is 37.5 Å². The Morgan fingerprint density at radius 2 is 0.864 bits per heavy atom. The molecule has 0 amide bonds. The maximum Gasteiger partial charge on any atom is 2.00 e. The third-order valence-electron chi connectivity index (χ3n) is 3.22. The fraction of sp³-hybridized carbons (Fsp3) is 0.875. The standard InChI is InChI=1S/2C8H16O2.Mg.H2O/c2*1-3-5-7(6-4-2)8(9)10;;/h2*7H,3-6H2,1-2H3,(H,9,10);;1H2/q;;+2;/p-2. The predicted octanol–water partition coefficient (Wildman–Crippen LogP) is 0.700. The van der Waals surface area contributed by atoms with E-state index in [4.69, 9.17) is 0 Å². The molecule has 0 saturated carbocycles. The third-order valence-corrected chi connectivity index (χ3v) is 3.22. The van der Waals surface area contributed by atoms with Crippen LogP contribution in [-0.4, -0.2) is 40.5 Å². The van der Waals surface area contributed by atoms with Gasteiger partial charge in [0, 0.05) is 11.9 Å². The number of carbonyl (C=O) groups is 2. The molecular formula is C16H32MgO5. The molecule has 2 N–H and O–H groups in total. The van der Waals surface area contributed by atoms with Gasteiger partial charge in [0.15, 0.2) is 0 Å². The van der Waals surface area contributed by atoms with Crippen molar-refractivity contribution >= 4 is 35.0 Å². The van der Waals surface area contributed by atoms with Gasteiger partial charge >= 0.3 is 23.1 Å². The van der Waals surface area contributed by atoms with Crippen LogP contribution in [0.15, 0.2) is 0 Å². The van der Waals surface area contributed by atoms with Gasteiger partial charge in [-0.2, -0.15) is 0 Å². The van der Waals surface area contributed by atoms with Gasteiger partial charge in [0.05, 0.1) is 0 Å². The van der Waals surface area contributed by atoms with E-state index in [1.807, 2.05) is 27.7 Å². The van der Waals surface area contributed by atoms with E-state index in [-0.39, 0.29) is 40.4 Å². The molecular weight excluding hydrogens is 296 g/mol. The van der Waals surface area contributed by atoms with Crippen molar-refractivity contribution in [2.24, 2.45) is 11.8 Å². The summed E-state index contributed by atoms with van der Waals surface area (Å²) in [4.78, 5) is 20.7. The van der Waals surface area contributed by atoms with E-state index in [9.17, 15) is 19.8 Å². The fourth-order valence-electron chi connectivity index (χ4n) is 2.15. The Bertz CT molecular complexity index is 221. The van der Waals surface area contributed by atoms with Crippen molar-refractivity contribution in [2.45, 2.75) is 79.1 Å². The molecule has 5 nitrogen and oxygen atoms in total. The van der Waals surface area contributed by atoms with Crippen LogP contribution in [0.5, 0.6) is 0 Å². The van der Waals surface area contributed by atoms with Gasteiger partial charge in [-0.1, -0.05) is 53.4 Å². The largest absolute Gasteiger partial charge is 2.00 e. The molecule has 0 unspecified atom stereocenters. The number of carboxylic acid groups (broad SMARTS) is 2. The number of hydrogen-bond acceptors (Lipinski definition) is 4. The minimum Gasteiger partial charge on any atom is -0.550 e. The van der Waals surface area contributed by atoms with Crippen LogP contribution in [0.4, 0.5) is 0 Å². The number of carboxylic acids is 2. The summed E-state index contributed by atoms with van der Waals surface area (Å²) in [6.07, 6.45) is 6.76. The van der Waals surface area contributed by atoms with E-state index in [1.54, 1.807) is 0 Å². The van der Waals surface area contributed by atoms with Gasteiger partial charge < -0.3 is 25.3 Å². The van der Waals surface area contributed by atoms with Gasteiger partial charge in [0.25, 0.3) is 0 Å². The molecule has 0 aliphatic heterocycles. The molecule has 0 spiro atoms. The van der Waals surface area contributed by atoms with Crippen LogP contribution in [0.1, 0.15) is 79.1 Å². The van der Waals surface area contributed by atoms with Crippen molar-refractivity contribution in [3.05, 3.63) is 0 Å². The summed E-state index contributed by atoms with van der Waals surface area (Å²) in [5.41, 5.74) is 0. The van der Waals surface area contributed by atoms with Gasteiger partial charge in [0.2, 0.25) is 0 Å². The summed E-state index contributed by atoms with van der Waals surface area (Å²) in [7, 11) is 0. The zero-order valence-corrected chi connectivity index (χ0v) is 16.1. The van der Waals surface area contributed by atoms with Crippen molar-refractivity contribution in [3.8, 4) is 0 Å². The molecule has 0 aliphatic carbocycles. The average molecular weight is 329 g/mol. The van der Waals surface area contributed by atoms with Crippen molar-refractivity contribution in [3.63, 3.8) is 0 Å². The monoisotopic (exact) mass is 328 g/mol. The molecule has 0 radical (unpaired) electrons. The first-order chi connectivity index (χ1) is 9.44. The van der Waals surface area contributed by atoms with Crippen LogP contribution in [0.25, 0.3) is 0 Å². The van der Waals surface area contributed by atoms with E-state index in [0.29, 0.717) is 0 Å². The van der Waals surface area contributed by atoms with Gasteiger partial charge in [-0.25, -0.2) is 0 Å². The SMILES string of the molecule is CCCC(CCC)C(=O)[O-].CCCC(CCC)C(=O)[O-].O.[Mg+2]. The van der Waals surface area contributed by atoms with E-state index in [0.717, 1.165) is 51.4 Å². The second-order valence-corrected chi connectivity index (χ2v) is 5.19. The van der Waals surface area contributed by atoms with Crippen LogP contribution in [0.3, 0.4) is 0 Å². The number of hydrogen-bond donors (Lipinski definition) is 0. The van der Waals surface area contributed by atoms with Crippen LogP contribution in [0.2, 0.25) is 0 Å². The molecule has 6 heteroatoms. The number of aliphatic carboxylic acids is 2. The van der Waals surface area contributed by atoms with E-state index in [2.05, 4.69) is 0 Å². The summed E-state index contributed by atoms with van der Waals surface area (Å²) in [5.74, 6) is -2.20. The molecule has 22 heavy (non-hydrogen) atoms. The molecule has 0 aromatic carbocycles. The molecule has 128 valence electrons. The van der Waals surface area contributed by atoms with Gasteiger partial charge in [-0.15, -0.1) is 0 Å². The van der Waals surface area contributed by atoms with Crippen molar-refractivity contribution < 1.29 is 25.3 Å². The second-order valence-electron chi connectivity index (χ2n) is 5.19. The summed E-state index contributed by atoms with van der Waals surface area (Å²) in [6, 6.07) is 0. The molecule has 0 saturated heterocycles. The van der Waals surface area contributed by atoms with Crippen molar-refractivity contribution in [1.82, 2.24) is 0 Å². The molecule has 0 aromatic heterocycles.